The van der Waals surface area contributed by atoms with Crippen molar-refractivity contribution < 1.29 is 9.90 Å². The predicted molar refractivity (Wildman–Crippen MR) is 93.8 cm³/mol. The molecule has 0 aliphatic heterocycles. The van der Waals surface area contributed by atoms with Crippen molar-refractivity contribution >= 4 is 16.9 Å². The van der Waals surface area contributed by atoms with Gasteiger partial charge in [-0.25, -0.2) is 14.5 Å². The maximum atomic E-state index is 11.6. The number of hydrogen-bond donors (Lipinski definition) is 1. The van der Waals surface area contributed by atoms with Crippen LogP contribution < -0.4 is 0 Å². The van der Waals surface area contributed by atoms with Crippen LogP contribution >= 0.6 is 0 Å². The van der Waals surface area contributed by atoms with Crippen LogP contribution in [0, 0.1) is 6.92 Å². The highest BCUT2D eigenvalue weighted by Gasteiger charge is 2.17. The van der Waals surface area contributed by atoms with Crippen molar-refractivity contribution in [3.63, 3.8) is 0 Å². The Bertz CT molecular complexity index is 1090. The third-order valence-corrected chi connectivity index (χ3v) is 4.08. The molecule has 2 aromatic heterocycles. The lowest BCUT2D eigenvalue weighted by molar-refractivity contribution is 0.0699. The fourth-order valence-corrected chi connectivity index (χ4v) is 2.85. The zero-order valence-electron chi connectivity index (χ0n) is 13.4. The normalized spacial score (nSPS) is 10.9. The minimum atomic E-state index is -0.993. The number of aromatic carboxylic acids is 1. The van der Waals surface area contributed by atoms with Gasteiger partial charge in [0.05, 0.1) is 28.2 Å². The van der Waals surface area contributed by atoms with E-state index in [0.717, 1.165) is 11.4 Å². The molecule has 25 heavy (non-hydrogen) atoms. The van der Waals surface area contributed by atoms with E-state index in [9.17, 15) is 9.90 Å². The van der Waals surface area contributed by atoms with E-state index in [2.05, 4.69) is 15.3 Å². The molecule has 0 aliphatic carbocycles. The number of carboxylic acid groups (broad SMARTS) is 1. The monoisotopic (exact) mass is 330 g/mol. The summed E-state index contributed by atoms with van der Waals surface area (Å²) >= 11 is 0. The summed E-state index contributed by atoms with van der Waals surface area (Å²) in [7, 11) is 0. The molecule has 0 saturated carbocycles. The lowest BCUT2D eigenvalue weighted by atomic mass is 10.1. The number of aromatic nitrogens is 4. The Labute approximate surface area is 143 Å². The molecule has 2 heterocycles. The molecule has 0 spiro atoms. The van der Waals surface area contributed by atoms with Crippen molar-refractivity contribution in [2.45, 2.75) is 6.92 Å². The number of fused-ring (bicyclic) bond motifs is 1. The topological polar surface area (TPSA) is 80.9 Å². The molecule has 2 aromatic carbocycles. The molecule has 0 radical (unpaired) electrons. The minimum Gasteiger partial charge on any atom is -0.478 e. The number of benzene rings is 2. The van der Waals surface area contributed by atoms with Crippen molar-refractivity contribution in [1.29, 1.82) is 0 Å². The molecule has 4 rings (SSSR count). The highest BCUT2D eigenvalue weighted by molar-refractivity contribution is 6.03. The van der Waals surface area contributed by atoms with E-state index < -0.39 is 5.97 Å². The lowest BCUT2D eigenvalue weighted by Crippen LogP contribution is -2.01. The number of carbonyl (C=O) groups is 1. The summed E-state index contributed by atoms with van der Waals surface area (Å²) in [6.45, 7) is 1.89. The van der Waals surface area contributed by atoms with Crippen LogP contribution in [0.2, 0.25) is 0 Å². The van der Waals surface area contributed by atoms with E-state index in [1.807, 2.05) is 43.3 Å². The van der Waals surface area contributed by atoms with Gasteiger partial charge in [0.2, 0.25) is 0 Å². The quantitative estimate of drug-likeness (QED) is 0.622. The van der Waals surface area contributed by atoms with E-state index >= 15 is 0 Å². The van der Waals surface area contributed by atoms with Crippen LogP contribution in [0.3, 0.4) is 0 Å². The molecule has 0 aliphatic rings. The Morgan fingerprint density at radius 1 is 1.04 bits per heavy atom. The first kappa shape index (κ1) is 15.0. The Hall–Kier alpha value is -3.54. The first-order valence-electron chi connectivity index (χ1n) is 7.76. The molecular weight excluding hydrogens is 316 g/mol. The summed E-state index contributed by atoms with van der Waals surface area (Å²) in [4.78, 5) is 16.2. The van der Waals surface area contributed by atoms with Crippen LogP contribution in [0.1, 0.15) is 16.1 Å². The molecule has 0 unspecified atom stereocenters. The van der Waals surface area contributed by atoms with Gasteiger partial charge in [-0.2, -0.15) is 0 Å². The summed E-state index contributed by atoms with van der Waals surface area (Å²) < 4.78 is 1.71. The third kappa shape index (κ3) is 2.53. The maximum absolute atomic E-state index is 11.6. The Balaban J connectivity index is 1.91. The standard InChI is InChI=1S/C19H14N4O2/c1-12-18(21-22-23(12)13-7-3-2-4-8-13)17-11-15(19(24)25)14-9-5-6-10-16(14)20-17/h2-11H,1H3,(H,24,25). The number of carboxylic acids is 1. The van der Waals surface area contributed by atoms with Gasteiger partial charge in [-0.05, 0) is 31.2 Å². The van der Waals surface area contributed by atoms with Crippen LogP contribution in [-0.2, 0) is 0 Å². The molecule has 0 amide bonds. The molecule has 0 saturated heterocycles. The van der Waals surface area contributed by atoms with Crippen LogP contribution in [0.25, 0.3) is 28.0 Å². The first-order valence-corrected chi connectivity index (χ1v) is 7.76. The van der Waals surface area contributed by atoms with Gasteiger partial charge >= 0.3 is 5.97 Å². The molecule has 6 nitrogen and oxygen atoms in total. The Kier molecular flexibility index (Phi) is 3.50. The second kappa shape index (κ2) is 5.83. The van der Waals surface area contributed by atoms with Crippen molar-refractivity contribution in [2.24, 2.45) is 0 Å². The van der Waals surface area contributed by atoms with Crippen molar-refractivity contribution in [2.75, 3.05) is 0 Å². The summed E-state index contributed by atoms with van der Waals surface area (Å²) in [5.74, 6) is -0.993. The van der Waals surface area contributed by atoms with Crippen molar-refractivity contribution in [1.82, 2.24) is 20.0 Å². The minimum absolute atomic E-state index is 0.203. The summed E-state index contributed by atoms with van der Waals surface area (Å²) in [6, 6.07) is 18.4. The van der Waals surface area contributed by atoms with Crippen LogP contribution in [-0.4, -0.2) is 31.1 Å². The summed E-state index contributed by atoms with van der Waals surface area (Å²) in [6.07, 6.45) is 0. The molecule has 6 heteroatoms. The smallest absolute Gasteiger partial charge is 0.336 e. The van der Waals surface area contributed by atoms with E-state index in [1.165, 1.54) is 0 Å². The molecule has 0 bridgehead atoms. The molecule has 4 aromatic rings. The lowest BCUT2D eigenvalue weighted by Gasteiger charge is -2.06. The fourth-order valence-electron chi connectivity index (χ4n) is 2.85. The second-order valence-corrected chi connectivity index (χ2v) is 5.65. The zero-order valence-corrected chi connectivity index (χ0v) is 13.4. The molecule has 122 valence electrons. The van der Waals surface area contributed by atoms with Gasteiger partial charge in [-0.3, -0.25) is 0 Å². The third-order valence-electron chi connectivity index (χ3n) is 4.08. The Morgan fingerprint density at radius 3 is 2.52 bits per heavy atom. The predicted octanol–water partition coefficient (Wildman–Crippen LogP) is 3.49. The average Bonchev–Trinajstić information content (AvgIpc) is 3.03. The largest absolute Gasteiger partial charge is 0.478 e. The molecular formula is C19H14N4O2. The first-order chi connectivity index (χ1) is 12.1. The zero-order chi connectivity index (χ0) is 17.4. The number of para-hydroxylation sites is 2. The van der Waals surface area contributed by atoms with Crippen LogP contribution in [0.15, 0.2) is 60.7 Å². The van der Waals surface area contributed by atoms with Gasteiger partial charge in [0, 0.05) is 5.39 Å². The van der Waals surface area contributed by atoms with E-state index in [0.29, 0.717) is 22.3 Å². The molecule has 0 atom stereocenters. The summed E-state index contributed by atoms with van der Waals surface area (Å²) in [5.41, 5.74) is 3.57. The van der Waals surface area contributed by atoms with Crippen molar-refractivity contribution in [3.8, 4) is 17.1 Å². The second-order valence-electron chi connectivity index (χ2n) is 5.65. The number of rotatable bonds is 3. The SMILES string of the molecule is Cc1c(-c2cc(C(=O)O)c3ccccc3n2)nnn1-c1ccccc1. The number of pyridine rings is 1. The number of nitrogens with zero attached hydrogens (tertiary/aromatic N) is 4. The number of hydrogen-bond acceptors (Lipinski definition) is 4. The van der Waals surface area contributed by atoms with Gasteiger partial charge in [-0.1, -0.05) is 41.6 Å². The van der Waals surface area contributed by atoms with Gasteiger partial charge in [-0.15, -0.1) is 5.10 Å². The van der Waals surface area contributed by atoms with Gasteiger partial charge < -0.3 is 5.11 Å². The highest BCUT2D eigenvalue weighted by atomic mass is 16.4. The molecule has 0 fully saturated rings. The van der Waals surface area contributed by atoms with E-state index in [1.54, 1.807) is 28.9 Å². The van der Waals surface area contributed by atoms with Gasteiger partial charge in [0.15, 0.2) is 0 Å². The van der Waals surface area contributed by atoms with E-state index in [4.69, 9.17) is 0 Å². The van der Waals surface area contributed by atoms with E-state index in [-0.39, 0.29) is 5.56 Å². The summed E-state index contributed by atoms with van der Waals surface area (Å²) in [5, 5.41) is 18.6. The average molecular weight is 330 g/mol. The van der Waals surface area contributed by atoms with Gasteiger partial charge in [0.25, 0.3) is 0 Å². The molecule has 1 N–H and O–H groups in total. The van der Waals surface area contributed by atoms with Crippen LogP contribution in [0.5, 0.6) is 0 Å². The van der Waals surface area contributed by atoms with Crippen molar-refractivity contribution in [3.05, 3.63) is 71.9 Å². The Morgan fingerprint density at radius 2 is 1.76 bits per heavy atom. The van der Waals surface area contributed by atoms with Crippen LogP contribution in [0.4, 0.5) is 0 Å². The highest BCUT2D eigenvalue weighted by Crippen LogP contribution is 2.26. The fraction of sp³-hybridized carbons (Fsp3) is 0.0526. The maximum Gasteiger partial charge on any atom is 0.336 e. The van der Waals surface area contributed by atoms with Gasteiger partial charge in [0.1, 0.15) is 5.69 Å².